The van der Waals surface area contributed by atoms with Gasteiger partial charge in [0, 0.05) is 8.95 Å². The van der Waals surface area contributed by atoms with Gasteiger partial charge in [0.15, 0.2) is 0 Å². The molecule has 0 saturated carbocycles. The molecule has 21 heavy (non-hydrogen) atoms. The zero-order valence-corrected chi connectivity index (χ0v) is 15.0. The van der Waals surface area contributed by atoms with Crippen molar-refractivity contribution in [2.75, 3.05) is 5.32 Å². The molecule has 0 fully saturated rings. The van der Waals surface area contributed by atoms with Crippen LogP contribution in [0.5, 0.6) is 0 Å². The summed E-state index contributed by atoms with van der Waals surface area (Å²) in [6.07, 6.45) is 3.28. The number of hydrogen-bond donors (Lipinski definition) is 1. The van der Waals surface area contributed by atoms with Gasteiger partial charge in [-0.25, -0.2) is 4.39 Å². The van der Waals surface area contributed by atoms with Gasteiger partial charge in [0.2, 0.25) is 0 Å². The second-order valence-electron chi connectivity index (χ2n) is 5.01. The third kappa shape index (κ3) is 4.82. The zero-order chi connectivity index (χ0) is 15.2. The van der Waals surface area contributed by atoms with E-state index in [1.165, 1.54) is 12.1 Å². The van der Waals surface area contributed by atoms with Crippen LogP contribution in [0.2, 0.25) is 0 Å². The van der Waals surface area contributed by atoms with Gasteiger partial charge in [-0.05, 0) is 58.2 Å². The van der Waals surface area contributed by atoms with E-state index in [0.29, 0.717) is 0 Å². The average Bonchev–Trinajstić information content (AvgIpc) is 2.48. The van der Waals surface area contributed by atoms with Gasteiger partial charge >= 0.3 is 0 Å². The predicted molar refractivity (Wildman–Crippen MR) is 94.1 cm³/mol. The maximum Gasteiger partial charge on any atom is 0.123 e. The Balaban J connectivity index is 2.23. The number of rotatable bonds is 6. The average molecular weight is 415 g/mol. The molecule has 0 aromatic heterocycles. The summed E-state index contributed by atoms with van der Waals surface area (Å²) in [5.74, 6) is -0.198. The molecule has 0 saturated heterocycles. The maximum absolute atomic E-state index is 13.1. The molecule has 1 N–H and O–H groups in total. The SMILES string of the molecule is CCCCC(Nc1cc(Br)ccc1Br)c1ccc(F)cc1. The van der Waals surface area contributed by atoms with Gasteiger partial charge in [0.25, 0.3) is 0 Å². The number of halogens is 3. The van der Waals surface area contributed by atoms with Crippen molar-refractivity contribution in [2.45, 2.75) is 32.2 Å². The normalized spacial score (nSPS) is 12.2. The van der Waals surface area contributed by atoms with Crippen LogP contribution in [0.3, 0.4) is 0 Å². The zero-order valence-electron chi connectivity index (χ0n) is 11.9. The van der Waals surface area contributed by atoms with E-state index in [2.05, 4.69) is 44.1 Å². The van der Waals surface area contributed by atoms with E-state index in [1.807, 2.05) is 30.3 Å². The molecule has 0 aliphatic carbocycles. The van der Waals surface area contributed by atoms with Crippen LogP contribution in [0.25, 0.3) is 0 Å². The Kier molecular flexibility index (Phi) is 6.24. The smallest absolute Gasteiger partial charge is 0.123 e. The molecule has 0 aliphatic rings. The quantitative estimate of drug-likeness (QED) is 0.554. The molecule has 0 spiro atoms. The van der Waals surface area contributed by atoms with Gasteiger partial charge in [-0.3, -0.25) is 0 Å². The first kappa shape index (κ1) is 16.5. The minimum absolute atomic E-state index is 0.177. The van der Waals surface area contributed by atoms with Gasteiger partial charge in [-0.2, -0.15) is 0 Å². The fourth-order valence-electron chi connectivity index (χ4n) is 2.22. The van der Waals surface area contributed by atoms with Crippen LogP contribution in [0.1, 0.15) is 37.8 Å². The molecule has 1 atom stereocenters. The topological polar surface area (TPSA) is 12.0 Å². The van der Waals surface area contributed by atoms with Crippen LogP contribution in [0.15, 0.2) is 51.4 Å². The van der Waals surface area contributed by atoms with Crippen molar-refractivity contribution in [1.82, 2.24) is 0 Å². The first-order valence-corrected chi connectivity index (χ1v) is 8.66. The van der Waals surface area contributed by atoms with Crippen molar-refractivity contribution >= 4 is 37.5 Å². The predicted octanol–water partition coefficient (Wildman–Crippen LogP) is 6.69. The van der Waals surface area contributed by atoms with Crippen LogP contribution in [0.4, 0.5) is 10.1 Å². The van der Waals surface area contributed by atoms with E-state index in [0.717, 1.165) is 39.5 Å². The monoisotopic (exact) mass is 413 g/mol. The summed E-state index contributed by atoms with van der Waals surface area (Å²) in [6, 6.07) is 13.0. The van der Waals surface area contributed by atoms with E-state index in [4.69, 9.17) is 0 Å². The summed E-state index contributed by atoms with van der Waals surface area (Å²) < 4.78 is 15.2. The molecule has 112 valence electrons. The number of benzene rings is 2. The Morgan fingerprint density at radius 3 is 2.48 bits per heavy atom. The van der Waals surface area contributed by atoms with E-state index in [9.17, 15) is 4.39 Å². The lowest BCUT2D eigenvalue weighted by atomic mass is 10.0. The van der Waals surface area contributed by atoms with Gasteiger partial charge in [0.05, 0.1) is 11.7 Å². The Hall–Kier alpha value is -0.870. The van der Waals surface area contributed by atoms with E-state index in [-0.39, 0.29) is 11.9 Å². The van der Waals surface area contributed by atoms with E-state index >= 15 is 0 Å². The second kappa shape index (κ2) is 7.95. The lowest BCUT2D eigenvalue weighted by Crippen LogP contribution is -2.11. The van der Waals surface area contributed by atoms with Crippen molar-refractivity contribution in [2.24, 2.45) is 0 Å². The molecule has 2 rings (SSSR count). The van der Waals surface area contributed by atoms with Crippen LogP contribution in [-0.4, -0.2) is 0 Å². The summed E-state index contributed by atoms with van der Waals surface area (Å²) in [5, 5.41) is 3.56. The van der Waals surface area contributed by atoms with Crippen molar-refractivity contribution in [3.8, 4) is 0 Å². The third-order valence-electron chi connectivity index (χ3n) is 3.38. The highest BCUT2D eigenvalue weighted by atomic mass is 79.9. The van der Waals surface area contributed by atoms with Crippen LogP contribution < -0.4 is 5.32 Å². The minimum atomic E-state index is -0.198. The molecule has 1 nitrogen and oxygen atoms in total. The fraction of sp³-hybridized carbons (Fsp3) is 0.294. The number of unbranched alkanes of at least 4 members (excludes halogenated alkanes) is 1. The highest BCUT2D eigenvalue weighted by Gasteiger charge is 2.13. The lowest BCUT2D eigenvalue weighted by Gasteiger charge is -2.21. The first-order valence-electron chi connectivity index (χ1n) is 7.07. The fourth-order valence-corrected chi connectivity index (χ4v) is 2.94. The molecule has 0 amide bonds. The number of anilines is 1. The van der Waals surface area contributed by atoms with Gasteiger partial charge in [-0.15, -0.1) is 0 Å². The Morgan fingerprint density at radius 2 is 1.81 bits per heavy atom. The first-order chi connectivity index (χ1) is 10.1. The molecule has 2 aromatic rings. The molecule has 0 aliphatic heterocycles. The van der Waals surface area contributed by atoms with Crippen molar-refractivity contribution < 1.29 is 4.39 Å². The van der Waals surface area contributed by atoms with E-state index in [1.54, 1.807) is 0 Å². The van der Waals surface area contributed by atoms with Gasteiger partial charge in [-0.1, -0.05) is 47.8 Å². The molecule has 4 heteroatoms. The van der Waals surface area contributed by atoms with E-state index < -0.39 is 0 Å². The standard InChI is InChI=1S/C17H18Br2FN/c1-2-3-4-16(12-5-8-14(20)9-6-12)21-17-11-13(18)7-10-15(17)19/h5-11,16,21H,2-4H2,1H3. The third-order valence-corrected chi connectivity index (χ3v) is 4.56. The lowest BCUT2D eigenvalue weighted by molar-refractivity contribution is 0.616. The van der Waals surface area contributed by atoms with Gasteiger partial charge < -0.3 is 5.32 Å². The number of nitrogens with one attached hydrogen (secondary N) is 1. The van der Waals surface area contributed by atoms with Crippen molar-refractivity contribution in [1.29, 1.82) is 0 Å². The molecule has 1 unspecified atom stereocenters. The summed E-state index contributed by atoms with van der Waals surface area (Å²) in [6.45, 7) is 2.18. The molecule has 2 aromatic carbocycles. The van der Waals surface area contributed by atoms with Crippen LogP contribution in [-0.2, 0) is 0 Å². The highest BCUT2D eigenvalue weighted by molar-refractivity contribution is 9.11. The summed E-state index contributed by atoms with van der Waals surface area (Å²) in [5.41, 5.74) is 2.14. The van der Waals surface area contributed by atoms with Crippen molar-refractivity contribution in [3.63, 3.8) is 0 Å². The maximum atomic E-state index is 13.1. The summed E-state index contributed by atoms with van der Waals surface area (Å²) in [4.78, 5) is 0. The largest absolute Gasteiger partial charge is 0.377 e. The Bertz CT molecular complexity index is 584. The molecule has 0 heterocycles. The molecular weight excluding hydrogens is 397 g/mol. The van der Waals surface area contributed by atoms with Crippen LogP contribution in [0, 0.1) is 5.82 Å². The van der Waals surface area contributed by atoms with Crippen LogP contribution >= 0.6 is 31.9 Å². The summed E-state index contributed by atoms with van der Waals surface area (Å²) >= 11 is 7.06. The highest BCUT2D eigenvalue weighted by Crippen LogP contribution is 2.31. The molecule has 0 radical (unpaired) electrons. The molecular formula is C17H18Br2FN. The Morgan fingerprint density at radius 1 is 1.10 bits per heavy atom. The Labute approximate surface area is 142 Å². The second-order valence-corrected chi connectivity index (χ2v) is 6.78. The minimum Gasteiger partial charge on any atom is -0.377 e. The van der Waals surface area contributed by atoms with Crippen molar-refractivity contribution in [3.05, 3.63) is 62.8 Å². The number of hydrogen-bond acceptors (Lipinski definition) is 1. The van der Waals surface area contributed by atoms with Gasteiger partial charge in [0.1, 0.15) is 5.82 Å². The molecule has 0 bridgehead atoms. The summed E-state index contributed by atoms with van der Waals surface area (Å²) in [7, 11) is 0.